The highest BCUT2D eigenvalue weighted by atomic mass is 19.2. The van der Waals surface area contributed by atoms with Crippen LogP contribution in [0, 0.1) is 11.6 Å². The van der Waals surface area contributed by atoms with Crippen LogP contribution < -0.4 is 5.56 Å². The number of nitrogens with zero attached hydrogens (tertiary/aromatic N) is 2. The summed E-state index contributed by atoms with van der Waals surface area (Å²) in [5.74, 6) is -0.915. The molecule has 0 spiro atoms. The van der Waals surface area contributed by atoms with E-state index < -0.39 is 11.6 Å². The summed E-state index contributed by atoms with van der Waals surface area (Å²) in [6.45, 7) is 0. The second-order valence-electron chi connectivity index (χ2n) is 5.28. The summed E-state index contributed by atoms with van der Waals surface area (Å²) in [5.41, 5.74) is 0.305. The van der Waals surface area contributed by atoms with E-state index in [1.807, 2.05) is 0 Å². The quantitative estimate of drug-likeness (QED) is 0.629. The van der Waals surface area contributed by atoms with E-state index in [1.165, 1.54) is 35.4 Å². The lowest BCUT2D eigenvalue weighted by molar-refractivity contribution is 0.511. The monoisotopic (exact) mass is 327 g/mol. The molecule has 1 N–H and O–H groups in total. The van der Waals surface area contributed by atoms with E-state index in [4.69, 9.17) is 4.42 Å². The number of aromatic nitrogens is 3. The van der Waals surface area contributed by atoms with Crippen LogP contribution in [0.1, 0.15) is 11.5 Å². The standard InChI is InChI=1S/C17H11F2N3O2/c18-12-5-1-4-11(16(12)19)14-9-22-15(8-20-14)21-13(17(22)23)7-10-3-2-6-24-10/h1-6,8-9,20H,7H2. The van der Waals surface area contributed by atoms with Crippen molar-refractivity contribution in [3.8, 4) is 17.1 Å². The van der Waals surface area contributed by atoms with Crippen molar-refractivity contribution in [3.63, 3.8) is 0 Å². The third-order valence-corrected chi connectivity index (χ3v) is 3.74. The second-order valence-corrected chi connectivity index (χ2v) is 5.28. The van der Waals surface area contributed by atoms with Gasteiger partial charge in [0.25, 0.3) is 5.56 Å². The van der Waals surface area contributed by atoms with Gasteiger partial charge in [-0.3, -0.25) is 9.36 Å². The Labute approximate surface area is 134 Å². The van der Waals surface area contributed by atoms with Gasteiger partial charge in [-0.2, -0.15) is 0 Å². The van der Waals surface area contributed by atoms with Crippen molar-refractivity contribution in [2.75, 3.05) is 0 Å². The van der Waals surface area contributed by atoms with Crippen LogP contribution in [0.5, 0.6) is 0 Å². The zero-order chi connectivity index (χ0) is 16.7. The molecule has 0 amide bonds. The average molecular weight is 327 g/mol. The maximum atomic E-state index is 13.9. The van der Waals surface area contributed by atoms with Crippen LogP contribution >= 0.6 is 0 Å². The molecule has 2 aromatic rings. The summed E-state index contributed by atoms with van der Waals surface area (Å²) in [7, 11) is 0. The molecule has 120 valence electrons. The summed E-state index contributed by atoms with van der Waals surface area (Å²) in [6, 6.07) is 7.35. The van der Waals surface area contributed by atoms with Crippen LogP contribution in [0.25, 0.3) is 17.1 Å². The first-order chi connectivity index (χ1) is 11.6. The Morgan fingerprint density at radius 2 is 2.08 bits per heavy atom. The first-order valence-electron chi connectivity index (χ1n) is 7.20. The predicted octanol–water partition coefficient (Wildman–Crippen LogP) is 3.13. The van der Waals surface area contributed by atoms with Gasteiger partial charge >= 0.3 is 0 Å². The molecule has 0 unspecified atom stereocenters. The summed E-state index contributed by atoms with van der Waals surface area (Å²) in [4.78, 5) is 19.6. The number of hydrogen-bond acceptors (Lipinski definition) is 3. The lowest BCUT2D eigenvalue weighted by atomic mass is 10.1. The summed E-state index contributed by atoms with van der Waals surface area (Å²) in [5, 5.41) is 0. The number of imidazole rings is 1. The molecular formula is C17H11F2N3O2. The largest absolute Gasteiger partial charge is 0.469 e. The minimum Gasteiger partial charge on any atom is -0.469 e. The zero-order valence-corrected chi connectivity index (χ0v) is 12.3. The van der Waals surface area contributed by atoms with Gasteiger partial charge < -0.3 is 9.40 Å². The third-order valence-electron chi connectivity index (χ3n) is 3.74. The van der Waals surface area contributed by atoms with Gasteiger partial charge in [0.15, 0.2) is 17.5 Å². The highest BCUT2D eigenvalue weighted by Crippen LogP contribution is 2.23. The molecule has 4 rings (SSSR count). The van der Waals surface area contributed by atoms with Gasteiger partial charge in [0.1, 0.15) is 11.5 Å². The summed E-state index contributed by atoms with van der Waals surface area (Å²) in [6.07, 6.45) is 4.67. The fraction of sp³-hybridized carbons (Fsp3) is 0.0588. The SMILES string of the molecule is O=c1c(Cc2ccco2)nc2c[nH]c(-c3cccc(F)c3F)cn1-2. The first kappa shape index (κ1) is 14.4. The molecular weight excluding hydrogens is 316 g/mol. The van der Waals surface area contributed by atoms with Crippen LogP contribution in [0.15, 0.2) is 58.2 Å². The van der Waals surface area contributed by atoms with Gasteiger partial charge in [0.2, 0.25) is 0 Å². The van der Waals surface area contributed by atoms with E-state index in [-0.39, 0.29) is 23.2 Å². The van der Waals surface area contributed by atoms with Gasteiger partial charge in [-0.05, 0) is 24.3 Å². The Hall–Kier alpha value is -3.22. The van der Waals surface area contributed by atoms with Gasteiger partial charge in [0.05, 0.1) is 18.4 Å². The van der Waals surface area contributed by atoms with Crippen molar-refractivity contribution in [2.45, 2.75) is 6.42 Å². The fourth-order valence-corrected chi connectivity index (χ4v) is 2.57. The zero-order valence-electron chi connectivity index (χ0n) is 12.3. The molecule has 0 atom stereocenters. The van der Waals surface area contributed by atoms with Crippen molar-refractivity contribution < 1.29 is 13.2 Å². The Morgan fingerprint density at radius 1 is 1.21 bits per heavy atom. The Kier molecular flexibility index (Phi) is 3.26. The highest BCUT2D eigenvalue weighted by Gasteiger charge is 2.18. The molecule has 7 heteroatoms. The number of rotatable bonds is 3. The molecule has 3 heterocycles. The molecule has 0 radical (unpaired) electrons. The van der Waals surface area contributed by atoms with Gasteiger partial charge in [-0.15, -0.1) is 0 Å². The molecule has 1 aromatic heterocycles. The molecule has 24 heavy (non-hydrogen) atoms. The molecule has 0 aliphatic carbocycles. The van der Waals surface area contributed by atoms with E-state index >= 15 is 0 Å². The molecule has 0 fully saturated rings. The molecule has 1 aromatic carbocycles. The van der Waals surface area contributed by atoms with Gasteiger partial charge in [0, 0.05) is 18.0 Å². The molecule has 2 aliphatic heterocycles. The van der Waals surface area contributed by atoms with Crippen LogP contribution in [0.2, 0.25) is 0 Å². The molecule has 0 bridgehead atoms. The van der Waals surface area contributed by atoms with E-state index in [0.717, 1.165) is 6.07 Å². The van der Waals surface area contributed by atoms with E-state index in [1.54, 1.807) is 12.1 Å². The maximum absolute atomic E-state index is 13.9. The first-order valence-corrected chi connectivity index (χ1v) is 7.20. The number of halogens is 2. The van der Waals surface area contributed by atoms with Crippen molar-refractivity contribution in [1.29, 1.82) is 0 Å². The number of hydrogen-bond donors (Lipinski definition) is 1. The Bertz CT molecular complexity index is 1030. The Balaban J connectivity index is 1.81. The fourth-order valence-electron chi connectivity index (χ4n) is 2.57. The van der Waals surface area contributed by atoms with E-state index in [2.05, 4.69) is 9.97 Å². The van der Waals surface area contributed by atoms with Crippen LogP contribution in [-0.4, -0.2) is 14.5 Å². The van der Waals surface area contributed by atoms with Crippen molar-refractivity contribution in [1.82, 2.24) is 14.5 Å². The third kappa shape index (κ3) is 2.30. The molecule has 2 aliphatic rings. The molecule has 0 saturated heterocycles. The van der Waals surface area contributed by atoms with E-state index in [0.29, 0.717) is 17.3 Å². The number of aromatic amines is 1. The highest BCUT2D eigenvalue weighted by molar-refractivity contribution is 5.60. The van der Waals surface area contributed by atoms with Gasteiger partial charge in [-0.1, -0.05) is 6.07 Å². The normalized spacial score (nSPS) is 11.2. The average Bonchev–Trinajstić information content (AvgIpc) is 3.19. The Morgan fingerprint density at radius 3 is 2.88 bits per heavy atom. The lowest BCUT2D eigenvalue weighted by Gasteiger charge is -2.07. The lowest BCUT2D eigenvalue weighted by Crippen LogP contribution is -2.15. The topological polar surface area (TPSA) is 63.8 Å². The summed E-state index contributed by atoms with van der Waals surface area (Å²) < 4.78 is 33.9. The van der Waals surface area contributed by atoms with Crippen molar-refractivity contribution in [2.24, 2.45) is 0 Å². The molecule has 5 nitrogen and oxygen atoms in total. The summed E-state index contributed by atoms with van der Waals surface area (Å²) >= 11 is 0. The molecule has 0 saturated carbocycles. The second kappa shape index (κ2) is 5.45. The van der Waals surface area contributed by atoms with Crippen LogP contribution in [0.4, 0.5) is 8.78 Å². The smallest absolute Gasteiger partial charge is 0.278 e. The van der Waals surface area contributed by atoms with E-state index in [9.17, 15) is 13.6 Å². The maximum Gasteiger partial charge on any atom is 0.278 e. The van der Waals surface area contributed by atoms with Crippen molar-refractivity contribution in [3.05, 3.63) is 82.4 Å². The predicted molar refractivity (Wildman–Crippen MR) is 82.2 cm³/mol. The minimum absolute atomic E-state index is 0.0394. The van der Waals surface area contributed by atoms with Gasteiger partial charge in [-0.25, -0.2) is 13.8 Å². The number of nitrogens with one attached hydrogen (secondary N) is 1. The van der Waals surface area contributed by atoms with Crippen LogP contribution in [-0.2, 0) is 6.42 Å². The minimum atomic E-state index is -0.975. The number of furan rings is 1. The van der Waals surface area contributed by atoms with Crippen molar-refractivity contribution >= 4 is 0 Å². The number of benzene rings is 1. The number of fused-ring (bicyclic) bond motifs is 1. The van der Waals surface area contributed by atoms with Crippen LogP contribution in [0.3, 0.4) is 0 Å². The number of H-pyrrole nitrogens is 1.